The van der Waals surface area contributed by atoms with E-state index in [1.807, 2.05) is 35.8 Å². The quantitative estimate of drug-likeness (QED) is 0.677. The van der Waals surface area contributed by atoms with E-state index in [9.17, 15) is 0 Å². The Morgan fingerprint density at radius 2 is 2.07 bits per heavy atom. The first-order chi connectivity index (χ1) is 7.29. The topological polar surface area (TPSA) is 48.7 Å². The number of halogens is 1. The van der Waals surface area contributed by atoms with E-state index in [0.717, 1.165) is 15.7 Å². The number of rotatable bonds is 2. The van der Waals surface area contributed by atoms with Gasteiger partial charge in [-0.2, -0.15) is 5.26 Å². The molecule has 0 aliphatic heterocycles. The van der Waals surface area contributed by atoms with Crippen LogP contribution in [0.25, 0.3) is 11.3 Å². The average molecular weight is 280 g/mol. The average Bonchev–Trinajstić information content (AvgIpc) is 2.68. The van der Waals surface area contributed by atoms with Crippen molar-refractivity contribution in [3.63, 3.8) is 0 Å². The Balaban J connectivity index is 2.30. The Labute approximate surface area is 99.5 Å². The number of nitrogens with one attached hydrogen (secondary N) is 1. The molecule has 2 aromatic rings. The summed E-state index contributed by atoms with van der Waals surface area (Å²) in [6.45, 7) is 0. The minimum atomic E-state index is 0.621. The molecule has 1 aromatic heterocycles. The molecule has 5 heteroatoms. The standard InChI is InChI=1S/C10H6BrN3S/c11-8-3-1-7(2-4-8)9-5-15-10(14-9)13-6-12/h1-5H,(H,13,14). The van der Waals surface area contributed by atoms with Gasteiger partial charge in [-0.1, -0.05) is 28.1 Å². The third-order valence-corrected chi connectivity index (χ3v) is 3.09. The lowest BCUT2D eigenvalue weighted by Crippen LogP contribution is -1.85. The van der Waals surface area contributed by atoms with Crippen LogP contribution >= 0.6 is 27.3 Å². The number of hydrogen-bond acceptors (Lipinski definition) is 4. The van der Waals surface area contributed by atoms with E-state index < -0.39 is 0 Å². The monoisotopic (exact) mass is 279 g/mol. The smallest absolute Gasteiger partial charge is 0.196 e. The minimum Gasteiger partial charge on any atom is -0.268 e. The molecule has 1 aromatic carbocycles. The number of anilines is 1. The van der Waals surface area contributed by atoms with Gasteiger partial charge in [-0.3, -0.25) is 5.32 Å². The van der Waals surface area contributed by atoms with Crippen molar-refractivity contribution in [3.05, 3.63) is 34.1 Å². The normalized spacial score (nSPS) is 9.60. The molecule has 0 radical (unpaired) electrons. The van der Waals surface area contributed by atoms with Gasteiger partial charge in [0.25, 0.3) is 0 Å². The van der Waals surface area contributed by atoms with E-state index in [1.165, 1.54) is 11.3 Å². The number of nitriles is 1. The largest absolute Gasteiger partial charge is 0.268 e. The van der Waals surface area contributed by atoms with Crippen LogP contribution in [0.1, 0.15) is 0 Å². The maximum Gasteiger partial charge on any atom is 0.196 e. The highest BCUT2D eigenvalue weighted by atomic mass is 79.9. The highest BCUT2D eigenvalue weighted by molar-refractivity contribution is 9.10. The molecule has 0 spiro atoms. The third-order valence-electron chi connectivity index (χ3n) is 1.81. The molecule has 0 atom stereocenters. The van der Waals surface area contributed by atoms with Crippen molar-refractivity contribution in [3.8, 4) is 17.5 Å². The first kappa shape index (κ1) is 10.1. The molecule has 74 valence electrons. The fraction of sp³-hybridized carbons (Fsp3) is 0. The highest BCUT2D eigenvalue weighted by Crippen LogP contribution is 2.25. The molecule has 1 N–H and O–H groups in total. The molecule has 0 aliphatic rings. The SMILES string of the molecule is N#CNc1nc(-c2ccc(Br)cc2)cs1. The highest BCUT2D eigenvalue weighted by Gasteiger charge is 2.03. The number of thiazole rings is 1. The Hall–Kier alpha value is -1.38. The molecule has 0 fully saturated rings. The number of benzene rings is 1. The van der Waals surface area contributed by atoms with Crippen molar-refractivity contribution >= 4 is 32.4 Å². The lowest BCUT2D eigenvalue weighted by molar-refractivity contribution is 1.37. The van der Waals surface area contributed by atoms with E-state index in [-0.39, 0.29) is 0 Å². The second-order valence-corrected chi connectivity index (χ2v) is 4.56. The first-order valence-electron chi connectivity index (χ1n) is 4.16. The third kappa shape index (κ3) is 2.35. The Morgan fingerprint density at radius 1 is 1.33 bits per heavy atom. The molecule has 0 saturated heterocycles. The summed E-state index contributed by atoms with van der Waals surface area (Å²) in [5.41, 5.74) is 1.92. The van der Waals surface area contributed by atoms with Gasteiger partial charge in [0.1, 0.15) is 0 Å². The summed E-state index contributed by atoms with van der Waals surface area (Å²) in [5, 5.41) is 13.5. The van der Waals surface area contributed by atoms with Crippen LogP contribution in [0.15, 0.2) is 34.1 Å². The molecule has 0 bridgehead atoms. The van der Waals surface area contributed by atoms with Crippen LogP contribution in [0.2, 0.25) is 0 Å². The molecule has 1 heterocycles. The van der Waals surface area contributed by atoms with E-state index in [0.29, 0.717) is 5.13 Å². The minimum absolute atomic E-state index is 0.621. The summed E-state index contributed by atoms with van der Waals surface area (Å²) in [6.07, 6.45) is 1.85. The van der Waals surface area contributed by atoms with Crippen molar-refractivity contribution < 1.29 is 0 Å². The zero-order valence-corrected chi connectivity index (χ0v) is 9.97. The predicted molar refractivity (Wildman–Crippen MR) is 64.5 cm³/mol. The van der Waals surface area contributed by atoms with Crippen LogP contribution in [0.4, 0.5) is 5.13 Å². The van der Waals surface area contributed by atoms with Gasteiger partial charge in [-0.15, -0.1) is 11.3 Å². The molecule has 0 unspecified atom stereocenters. The van der Waals surface area contributed by atoms with Crippen LogP contribution in [0, 0.1) is 11.5 Å². The predicted octanol–water partition coefficient (Wildman–Crippen LogP) is 3.47. The molecular formula is C10H6BrN3S. The van der Waals surface area contributed by atoms with E-state index in [4.69, 9.17) is 5.26 Å². The number of nitrogens with zero attached hydrogens (tertiary/aromatic N) is 2. The zero-order chi connectivity index (χ0) is 10.7. The lowest BCUT2D eigenvalue weighted by Gasteiger charge is -1.95. The summed E-state index contributed by atoms with van der Waals surface area (Å²) >= 11 is 4.79. The van der Waals surface area contributed by atoms with Crippen molar-refractivity contribution in [1.82, 2.24) is 4.98 Å². The van der Waals surface area contributed by atoms with Crippen molar-refractivity contribution in [2.75, 3.05) is 5.32 Å². The summed E-state index contributed by atoms with van der Waals surface area (Å²) in [7, 11) is 0. The second-order valence-electron chi connectivity index (χ2n) is 2.78. The Morgan fingerprint density at radius 3 is 2.73 bits per heavy atom. The van der Waals surface area contributed by atoms with Crippen LogP contribution in [0.5, 0.6) is 0 Å². The number of aromatic nitrogens is 1. The van der Waals surface area contributed by atoms with Gasteiger partial charge in [-0.05, 0) is 12.1 Å². The van der Waals surface area contributed by atoms with Crippen LogP contribution in [-0.2, 0) is 0 Å². The fourth-order valence-electron chi connectivity index (χ4n) is 1.13. The molecule has 0 aliphatic carbocycles. The number of hydrogen-bond donors (Lipinski definition) is 1. The van der Waals surface area contributed by atoms with Gasteiger partial charge in [0, 0.05) is 15.4 Å². The molecule has 3 nitrogen and oxygen atoms in total. The van der Waals surface area contributed by atoms with Crippen LogP contribution in [-0.4, -0.2) is 4.98 Å². The Kier molecular flexibility index (Phi) is 2.99. The molecule has 0 amide bonds. The van der Waals surface area contributed by atoms with Gasteiger partial charge < -0.3 is 0 Å². The van der Waals surface area contributed by atoms with Gasteiger partial charge in [-0.25, -0.2) is 4.98 Å². The second kappa shape index (κ2) is 4.43. The molecular weight excluding hydrogens is 274 g/mol. The van der Waals surface area contributed by atoms with Crippen molar-refractivity contribution in [2.24, 2.45) is 0 Å². The lowest BCUT2D eigenvalue weighted by atomic mass is 10.2. The zero-order valence-electron chi connectivity index (χ0n) is 7.57. The summed E-state index contributed by atoms with van der Waals surface area (Å²) in [4.78, 5) is 4.27. The van der Waals surface area contributed by atoms with Crippen molar-refractivity contribution in [1.29, 1.82) is 5.26 Å². The Bertz CT molecular complexity index is 498. The molecule has 15 heavy (non-hydrogen) atoms. The van der Waals surface area contributed by atoms with E-state index in [2.05, 4.69) is 26.2 Å². The van der Waals surface area contributed by atoms with Gasteiger partial charge in [0.05, 0.1) is 5.69 Å². The molecule has 2 rings (SSSR count). The first-order valence-corrected chi connectivity index (χ1v) is 5.83. The van der Waals surface area contributed by atoms with Crippen LogP contribution < -0.4 is 5.32 Å². The maximum atomic E-state index is 8.44. The summed E-state index contributed by atoms with van der Waals surface area (Å²) in [5.74, 6) is 0. The van der Waals surface area contributed by atoms with Gasteiger partial charge in [0.15, 0.2) is 11.3 Å². The molecule has 0 saturated carbocycles. The van der Waals surface area contributed by atoms with E-state index >= 15 is 0 Å². The summed E-state index contributed by atoms with van der Waals surface area (Å²) in [6, 6.07) is 7.89. The maximum absolute atomic E-state index is 8.44. The summed E-state index contributed by atoms with van der Waals surface area (Å²) < 4.78 is 1.04. The van der Waals surface area contributed by atoms with Crippen molar-refractivity contribution in [2.45, 2.75) is 0 Å². The fourth-order valence-corrected chi connectivity index (χ4v) is 2.06. The van der Waals surface area contributed by atoms with Gasteiger partial charge in [0.2, 0.25) is 0 Å². The van der Waals surface area contributed by atoms with Gasteiger partial charge >= 0.3 is 0 Å². The van der Waals surface area contributed by atoms with E-state index in [1.54, 1.807) is 0 Å². The van der Waals surface area contributed by atoms with Crippen LogP contribution in [0.3, 0.4) is 0 Å².